The van der Waals surface area contributed by atoms with E-state index in [-0.39, 0.29) is 44.0 Å². The Bertz CT molecular complexity index is 1370. The molecule has 0 N–H and O–H groups in total. The van der Waals surface area contributed by atoms with Crippen LogP contribution in [0.1, 0.15) is 201 Å². The predicted molar refractivity (Wildman–Crippen MR) is 269 cm³/mol. The van der Waals surface area contributed by atoms with Crippen molar-refractivity contribution in [3.8, 4) is 0 Å². The number of allylic oxidation sites excluding steroid dienone is 20. The highest BCUT2D eigenvalue weighted by molar-refractivity contribution is 5.71. The van der Waals surface area contributed by atoms with E-state index in [0.717, 1.165) is 109 Å². The van der Waals surface area contributed by atoms with E-state index in [1.165, 1.54) is 44.9 Å². The van der Waals surface area contributed by atoms with Gasteiger partial charge in [0.05, 0.1) is 0 Å². The Labute approximate surface area is 386 Å². The summed E-state index contributed by atoms with van der Waals surface area (Å²) < 4.78 is 16.7. The van der Waals surface area contributed by atoms with E-state index in [2.05, 4.69) is 112 Å². The smallest absolute Gasteiger partial charge is 0.306 e. The van der Waals surface area contributed by atoms with Crippen LogP contribution in [0.4, 0.5) is 0 Å². The lowest BCUT2D eigenvalue weighted by Crippen LogP contribution is -2.30. The van der Waals surface area contributed by atoms with Gasteiger partial charge in [0.15, 0.2) is 6.10 Å². The van der Waals surface area contributed by atoms with Gasteiger partial charge in [0.25, 0.3) is 0 Å². The van der Waals surface area contributed by atoms with Crippen LogP contribution in [0.3, 0.4) is 0 Å². The third kappa shape index (κ3) is 48.7. The lowest BCUT2D eigenvalue weighted by molar-refractivity contribution is -0.167. The van der Waals surface area contributed by atoms with Crippen molar-refractivity contribution in [2.75, 3.05) is 13.2 Å². The molecule has 0 radical (unpaired) electrons. The van der Waals surface area contributed by atoms with Crippen molar-refractivity contribution in [2.24, 2.45) is 0 Å². The van der Waals surface area contributed by atoms with Crippen molar-refractivity contribution in [3.63, 3.8) is 0 Å². The molecule has 0 aromatic heterocycles. The molecule has 0 aliphatic heterocycles. The van der Waals surface area contributed by atoms with Crippen LogP contribution in [0.25, 0.3) is 0 Å². The van der Waals surface area contributed by atoms with Crippen LogP contribution in [0.15, 0.2) is 122 Å². The fourth-order valence-corrected chi connectivity index (χ4v) is 6.35. The van der Waals surface area contributed by atoms with E-state index >= 15 is 0 Å². The second-order valence-electron chi connectivity index (χ2n) is 16.1. The second-order valence-corrected chi connectivity index (χ2v) is 16.1. The molecule has 6 heteroatoms. The standard InChI is InChI=1S/C57H90O6/c1-4-7-10-13-16-19-22-25-27-28-30-32-35-38-41-44-47-50-56(59)62-53-54(52-61-55(58)49-46-43-40-37-34-31-24-21-18-15-12-9-6-3)63-57(60)51-48-45-42-39-36-33-29-26-23-20-17-14-11-8-5-2/h8-9,11-12,14-15,17-18,20-21,23-27,29-30,32,38,41,54H,4-7,10,13,16,19,22,28,31,33-37,39-40,42-53H2,1-3H3/b11-8-,12-9-,17-14-,18-15-,23-20-,24-21-,27-25-,29-26-,32-30-,41-38-. The monoisotopic (exact) mass is 871 g/mol. The molecule has 0 aliphatic rings. The lowest BCUT2D eigenvalue weighted by Gasteiger charge is -2.18. The topological polar surface area (TPSA) is 78.9 Å². The van der Waals surface area contributed by atoms with Crippen LogP contribution in [0.2, 0.25) is 0 Å². The van der Waals surface area contributed by atoms with Crippen molar-refractivity contribution in [1.29, 1.82) is 0 Å². The molecule has 0 heterocycles. The van der Waals surface area contributed by atoms with Gasteiger partial charge in [-0.05, 0) is 89.9 Å². The third-order valence-corrected chi connectivity index (χ3v) is 10.1. The quantitative estimate of drug-likeness (QED) is 0.0200. The number of carbonyl (C=O) groups excluding carboxylic acids is 3. The van der Waals surface area contributed by atoms with Gasteiger partial charge < -0.3 is 14.2 Å². The van der Waals surface area contributed by atoms with Gasteiger partial charge in [-0.2, -0.15) is 0 Å². The summed E-state index contributed by atoms with van der Waals surface area (Å²) in [5.74, 6) is -1.02. The summed E-state index contributed by atoms with van der Waals surface area (Å²) in [5, 5.41) is 0. The largest absolute Gasteiger partial charge is 0.462 e. The molecule has 63 heavy (non-hydrogen) atoms. The zero-order chi connectivity index (χ0) is 45.8. The highest BCUT2D eigenvalue weighted by Gasteiger charge is 2.19. The van der Waals surface area contributed by atoms with Crippen molar-refractivity contribution >= 4 is 17.9 Å². The maximum Gasteiger partial charge on any atom is 0.306 e. The van der Waals surface area contributed by atoms with Crippen molar-refractivity contribution < 1.29 is 28.6 Å². The maximum atomic E-state index is 12.8. The zero-order valence-corrected chi connectivity index (χ0v) is 40.3. The summed E-state index contributed by atoms with van der Waals surface area (Å²) in [6.45, 7) is 6.25. The highest BCUT2D eigenvalue weighted by atomic mass is 16.6. The van der Waals surface area contributed by atoms with Gasteiger partial charge in [-0.25, -0.2) is 0 Å². The van der Waals surface area contributed by atoms with Crippen molar-refractivity contribution in [1.82, 2.24) is 0 Å². The summed E-state index contributed by atoms with van der Waals surface area (Å²) in [6, 6.07) is 0. The van der Waals surface area contributed by atoms with Gasteiger partial charge in [0.2, 0.25) is 0 Å². The second kappa shape index (κ2) is 50.5. The van der Waals surface area contributed by atoms with Gasteiger partial charge in [0.1, 0.15) is 13.2 Å². The van der Waals surface area contributed by atoms with Gasteiger partial charge in [-0.1, -0.05) is 213 Å². The van der Waals surface area contributed by atoms with Gasteiger partial charge in [0, 0.05) is 19.3 Å². The van der Waals surface area contributed by atoms with Crippen LogP contribution in [-0.4, -0.2) is 37.2 Å². The number of esters is 3. The van der Waals surface area contributed by atoms with Gasteiger partial charge >= 0.3 is 17.9 Å². The normalized spacial score (nSPS) is 13.1. The number of carbonyl (C=O) groups is 3. The number of hydrogen-bond acceptors (Lipinski definition) is 6. The molecule has 1 unspecified atom stereocenters. The van der Waals surface area contributed by atoms with E-state index < -0.39 is 6.10 Å². The first kappa shape index (κ1) is 58.8. The summed E-state index contributed by atoms with van der Waals surface area (Å²) >= 11 is 0. The Kier molecular flexibility index (Phi) is 47.1. The maximum absolute atomic E-state index is 12.8. The van der Waals surface area contributed by atoms with Crippen LogP contribution in [-0.2, 0) is 28.6 Å². The minimum atomic E-state index is -0.822. The molecule has 0 aromatic rings. The number of unbranched alkanes of at least 4 members (excludes halogenated alkanes) is 17. The minimum Gasteiger partial charge on any atom is -0.462 e. The van der Waals surface area contributed by atoms with E-state index in [9.17, 15) is 14.4 Å². The first-order valence-corrected chi connectivity index (χ1v) is 25.1. The first-order valence-electron chi connectivity index (χ1n) is 25.1. The average Bonchev–Trinajstić information content (AvgIpc) is 3.28. The Hall–Kier alpha value is -4.19. The van der Waals surface area contributed by atoms with Crippen molar-refractivity contribution in [2.45, 2.75) is 207 Å². The minimum absolute atomic E-state index is 0.118. The molecular weight excluding hydrogens is 781 g/mol. The molecular formula is C57H90O6. The van der Waals surface area contributed by atoms with Gasteiger partial charge in [-0.15, -0.1) is 0 Å². The fraction of sp³-hybridized carbons (Fsp3) is 0.596. The Morgan fingerprint density at radius 1 is 0.349 bits per heavy atom. The molecule has 0 amide bonds. The van der Waals surface area contributed by atoms with E-state index in [4.69, 9.17) is 14.2 Å². The Balaban J connectivity index is 4.56. The molecule has 0 rings (SSSR count). The van der Waals surface area contributed by atoms with E-state index in [1.807, 2.05) is 30.4 Å². The molecule has 0 aromatic carbocycles. The van der Waals surface area contributed by atoms with Crippen LogP contribution >= 0.6 is 0 Å². The first-order chi connectivity index (χ1) is 31.0. The third-order valence-electron chi connectivity index (χ3n) is 10.1. The van der Waals surface area contributed by atoms with E-state index in [1.54, 1.807) is 0 Å². The average molecular weight is 871 g/mol. The highest BCUT2D eigenvalue weighted by Crippen LogP contribution is 2.12. The van der Waals surface area contributed by atoms with Gasteiger partial charge in [-0.3, -0.25) is 14.4 Å². The number of ether oxygens (including phenoxy) is 3. The number of rotatable bonds is 43. The molecule has 0 saturated carbocycles. The molecule has 0 saturated heterocycles. The fourth-order valence-electron chi connectivity index (χ4n) is 6.35. The lowest BCUT2D eigenvalue weighted by atomic mass is 10.1. The SMILES string of the molecule is CC\C=C/C=C\C=C/C=C\CCCCCCCC(=O)OC(COC(=O)CCC/C=C\C/C=C\C/C=C\CCCCCCCC)COC(=O)CCCCCCC\C=C/C=C\C=C/CC. The number of hydrogen-bond donors (Lipinski definition) is 0. The summed E-state index contributed by atoms with van der Waals surface area (Å²) in [6.07, 6.45) is 69.0. The summed E-state index contributed by atoms with van der Waals surface area (Å²) in [7, 11) is 0. The van der Waals surface area contributed by atoms with Crippen LogP contribution in [0.5, 0.6) is 0 Å². The summed E-state index contributed by atoms with van der Waals surface area (Å²) in [5.41, 5.74) is 0. The molecule has 0 fully saturated rings. The summed E-state index contributed by atoms with van der Waals surface area (Å²) in [4.78, 5) is 37.9. The molecule has 6 nitrogen and oxygen atoms in total. The van der Waals surface area contributed by atoms with Crippen LogP contribution < -0.4 is 0 Å². The molecule has 0 spiro atoms. The Morgan fingerprint density at radius 2 is 0.698 bits per heavy atom. The molecule has 0 aliphatic carbocycles. The van der Waals surface area contributed by atoms with Crippen LogP contribution in [0, 0.1) is 0 Å². The molecule has 0 bridgehead atoms. The predicted octanol–water partition coefficient (Wildman–Crippen LogP) is 16.5. The van der Waals surface area contributed by atoms with E-state index in [0.29, 0.717) is 12.8 Å². The molecule has 354 valence electrons. The zero-order valence-electron chi connectivity index (χ0n) is 40.3. The Morgan fingerprint density at radius 3 is 1.17 bits per heavy atom. The van der Waals surface area contributed by atoms with Crippen molar-refractivity contribution in [3.05, 3.63) is 122 Å². The molecule has 1 atom stereocenters.